The van der Waals surface area contributed by atoms with E-state index in [0.717, 1.165) is 5.56 Å². The van der Waals surface area contributed by atoms with Crippen LogP contribution in [0.1, 0.15) is 16.9 Å². The van der Waals surface area contributed by atoms with Crippen LogP contribution in [0.15, 0.2) is 95.9 Å². The predicted molar refractivity (Wildman–Crippen MR) is 93.6 cm³/mol. The van der Waals surface area contributed by atoms with Crippen molar-refractivity contribution < 1.29 is 8.81 Å². The first-order chi connectivity index (χ1) is 12.3. The number of alkyl halides is 1. The van der Waals surface area contributed by atoms with E-state index in [4.69, 9.17) is 4.42 Å². The highest BCUT2D eigenvalue weighted by Crippen LogP contribution is 2.41. The van der Waals surface area contributed by atoms with Gasteiger partial charge in [0.05, 0.1) is 0 Å². The van der Waals surface area contributed by atoms with Crippen molar-refractivity contribution in [3.8, 4) is 11.3 Å². The zero-order valence-corrected chi connectivity index (χ0v) is 13.3. The molecule has 0 aliphatic heterocycles. The molecule has 4 aromatic rings. The number of hydrogen-bond acceptors (Lipinski definition) is 3. The number of benzene rings is 2. The van der Waals surface area contributed by atoms with Crippen LogP contribution in [0.25, 0.3) is 11.3 Å². The van der Waals surface area contributed by atoms with Gasteiger partial charge in [0.15, 0.2) is 5.76 Å². The fourth-order valence-corrected chi connectivity index (χ4v) is 2.88. The van der Waals surface area contributed by atoms with Crippen LogP contribution in [0.4, 0.5) is 4.39 Å². The minimum Gasteiger partial charge on any atom is -0.457 e. The first-order valence-corrected chi connectivity index (χ1v) is 7.94. The van der Waals surface area contributed by atoms with Crippen molar-refractivity contribution in [1.82, 2.24) is 9.97 Å². The molecule has 0 aliphatic carbocycles. The van der Waals surface area contributed by atoms with Crippen molar-refractivity contribution in [2.24, 2.45) is 0 Å². The normalized spacial score (nSPS) is 13.3. The summed E-state index contributed by atoms with van der Waals surface area (Å²) >= 11 is 0. The molecule has 1 atom stereocenters. The second kappa shape index (κ2) is 6.32. The van der Waals surface area contributed by atoms with Crippen molar-refractivity contribution in [1.29, 1.82) is 0 Å². The maximum atomic E-state index is 16.3. The molecule has 4 rings (SSSR count). The molecule has 0 fully saturated rings. The van der Waals surface area contributed by atoms with Crippen molar-refractivity contribution >= 4 is 0 Å². The summed E-state index contributed by atoms with van der Waals surface area (Å²) in [4.78, 5) is 7.95. The lowest BCUT2D eigenvalue weighted by atomic mass is 9.87. The first kappa shape index (κ1) is 15.3. The van der Waals surface area contributed by atoms with E-state index < -0.39 is 5.67 Å². The summed E-state index contributed by atoms with van der Waals surface area (Å²) in [6.45, 7) is 0. The van der Waals surface area contributed by atoms with Crippen LogP contribution in [0, 0.1) is 0 Å². The van der Waals surface area contributed by atoms with Gasteiger partial charge in [-0.25, -0.2) is 14.4 Å². The Bertz CT molecular complexity index is 913. The van der Waals surface area contributed by atoms with Crippen LogP contribution in [0.5, 0.6) is 0 Å². The van der Waals surface area contributed by atoms with Gasteiger partial charge in [-0.15, -0.1) is 0 Å². The molecule has 2 aromatic carbocycles. The summed E-state index contributed by atoms with van der Waals surface area (Å²) in [7, 11) is 0. The Morgan fingerprint density at radius 2 is 1.36 bits per heavy atom. The molecule has 0 saturated carbocycles. The van der Waals surface area contributed by atoms with Gasteiger partial charge in [-0.3, -0.25) is 0 Å². The van der Waals surface area contributed by atoms with Gasteiger partial charge in [-0.1, -0.05) is 60.7 Å². The lowest BCUT2D eigenvalue weighted by molar-refractivity contribution is 0.232. The summed E-state index contributed by atoms with van der Waals surface area (Å²) in [6.07, 6.45) is 4.34. The standard InChI is InChI=1S/C21H15FN2O/c22-21(17-9-5-2-6-10-17,18-13-23-15-24-14-18)20-12-11-19(25-20)16-7-3-1-4-8-16/h1-15H. The topological polar surface area (TPSA) is 38.9 Å². The van der Waals surface area contributed by atoms with E-state index in [9.17, 15) is 0 Å². The van der Waals surface area contributed by atoms with Gasteiger partial charge in [0.1, 0.15) is 12.1 Å². The minimum absolute atomic E-state index is 0.201. The van der Waals surface area contributed by atoms with Crippen LogP contribution in [0.2, 0.25) is 0 Å². The van der Waals surface area contributed by atoms with Gasteiger partial charge in [-0.05, 0) is 12.1 Å². The predicted octanol–water partition coefficient (Wildman–Crippen LogP) is 5.00. The molecule has 122 valence electrons. The van der Waals surface area contributed by atoms with Crippen LogP contribution >= 0.6 is 0 Å². The number of hydrogen-bond donors (Lipinski definition) is 0. The number of halogens is 1. The van der Waals surface area contributed by atoms with E-state index in [0.29, 0.717) is 16.9 Å². The molecule has 0 bridgehead atoms. The Kier molecular flexibility index (Phi) is 3.86. The van der Waals surface area contributed by atoms with E-state index in [1.165, 1.54) is 18.7 Å². The first-order valence-electron chi connectivity index (χ1n) is 7.94. The van der Waals surface area contributed by atoms with Crippen molar-refractivity contribution in [2.75, 3.05) is 0 Å². The molecule has 0 saturated heterocycles. The number of nitrogens with zero attached hydrogens (tertiary/aromatic N) is 2. The van der Waals surface area contributed by atoms with E-state index in [1.54, 1.807) is 36.4 Å². The summed E-state index contributed by atoms with van der Waals surface area (Å²) in [5.41, 5.74) is -0.266. The third-order valence-corrected chi connectivity index (χ3v) is 4.13. The van der Waals surface area contributed by atoms with Crippen LogP contribution in [-0.2, 0) is 5.67 Å². The lowest BCUT2D eigenvalue weighted by Gasteiger charge is -2.23. The maximum Gasteiger partial charge on any atom is 0.221 e. The van der Waals surface area contributed by atoms with E-state index in [-0.39, 0.29) is 5.76 Å². The highest BCUT2D eigenvalue weighted by molar-refractivity contribution is 5.58. The summed E-state index contributed by atoms with van der Waals surface area (Å²) < 4.78 is 22.3. The molecule has 1 unspecified atom stereocenters. The smallest absolute Gasteiger partial charge is 0.221 e. The Balaban J connectivity index is 1.87. The van der Waals surface area contributed by atoms with E-state index in [1.807, 2.05) is 36.4 Å². The SMILES string of the molecule is FC(c1ccccc1)(c1cncnc1)c1ccc(-c2ccccc2)o1. The molecule has 0 N–H and O–H groups in total. The quantitative estimate of drug-likeness (QED) is 0.529. The Morgan fingerprint density at radius 1 is 0.720 bits per heavy atom. The Morgan fingerprint density at radius 3 is 2.04 bits per heavy atom. The molecule has 0 radical (unpaired) electrons. The third kappa shape index (κ3) is 2.72. The second-order valence-corrected chi connectivity index (χ2v) is 5.68. The molecule has 2 heterocycles. The van der Waals surface area contributed by atoms with E-state index in [2.05, 4.69) is 9.97 Å². The fourth-order valence-electron chi connectivity index (χ4n) is 2.88. The lowest BCUT2D eigenvalue weighted by Crippen LogP contribution is -2.23. The fraction of sp³-hybridized carbons (Fsp3) is 0.0476. The van der Waals surface area contributed by atoms with Crippen molar-refractivity contribution in [3.05, 3.63) is 108 Å². The van der Waals surface area contributed by atoms with Gasteiger partial charge in [0.2, 0.25) is 5.67 Å². The van der Waals surface area contributed by atoms with Gasteiger partial charge in [-0.2, -0.15) is 0 Å². The molecule has 3 nitrogen and oxygen atoms in total. The number of aromatic nitrogens is 2. The van der Waals surface area contributed by atoms with Gasteiger partial charge in [0, 0.05) is 29.1 Å². The highest BCUT2D eigenvalue weighted by Gasteiger charge is 2.40. The van der Waals surface area contributed by atoms with Crippen LogP contribution in [0.3, 0.4) is 0 Å². The zero-order valence-electron chi connectivity index (χ0n) is 13.3. The Labute approximate surface area is 144 Å². The highest BCUT2D eigenvalue weighted by atomic mass is 19.1. The largest absolute Gasteiger partial charge is 0.457 e. The summed E-state index contributed by atoms with van der Waals surface area (Å²) in [5, 5.41) is 0. The molecule has 4 heteroatoms. The van der Waals surface area contributed by atoms with Crippen molar-refractivity contribution in [3.63, 3.8) is 0 Å². The molecular weight excluding hydrogens is 315 g/mol. The average molecular weight is 330 g/mol. The minimum atomic E-state index is -1.96. The van der Waals surface area contributed by atoms with Crippen molar-refractivity contribution in [2.45, 2.75) is 5.67 Å². The Hall–Kier alpha value is -3.27. The average Bonchev–Trinajstić information content (AvgIpc) is 3.20. The third-order valence-electron chi connectivity index (χ3n) is 4.13. The summed E-state index contributed by atoms with van der Waals surface area (Å²) in [5.74, 6) is 0.817. The summed E-state index contributed by atoms with van der Waals surface area (Å²) in [6, 6.07) is 22.0. The maximum absolute atomic E-state index is 16.3. The molecule has 25 heavy (non-hydrogen) atoms. The van der Waals surface area contributed by atoms with Crippen LogP contribution < -0.4 is 0 Å². The molecule has 0 aliphatic rings. The molecule has 0 spiro atoms. The second-order valence-electron chi connectivity index (χ2n) is 5.68. The zero-order chi connectivity index (χ0) is 17.1. The molecule has 0 amide bonds. The molecule has 2 aromatic heterocycles. The van der Waals surface area contributed by atoms with Gasteiger partial charge < -0.3 is 4.42 Å². The van der Waals surface area contributed by atoms with Gasteiger partial charge >= 0.3 is 0 Å². The number of rotatable bonds is 4. The number of furan rings is 1. The van der Waals surface area contributed by atoms with E-state index >= 15 is 4.39 Å². The van der Waals surface area contributed by atoms with Gasteiger partial charge in [0.25, 0.3) is 0 Å². The molecular formula is C21H15FN2O. The monoisotopic (exact) mass is 330 g/mol. The van der Waals surface area contributed by atoms with Crippen LogP contribution in [-0.4, -0.2) is 9.97 Å².